The molecular formula is C32H28. The summed E-state index contributed by atoms with van der Waals surface area (Å²) in [6, 6.07) is 37.1. The molecule has 5 rings (SSSR count). The third kappa shape index (κ3) is 4.50. The molecule has 0 heterocycles. The molecule has 1 atom stereocenters. The van der Waals surface area contributed by atoms with Crippen molar-refractivity contribution in [3.63, 3.8) is 0 Å². The summed E-state index contributed by atoms with van der Waals surface area (Å²) in [5, 5.41) is 2.63. The number of rotatable bonds is 6. The van der Waals surface area contributed by atoms with Crippen LogP contribution in [0.4, 0.5) is 0 Å². The number of hydrogen-bond acceptors (Lipinski definition) is 0. The Morgan fingerprint density at radius 1 is 0.688 bits per heavy atom. The van der Waals surface area contributed by atoms with E-state index in [0.29, 0.717) is 5.92 Å². The standard InChI is InChI=1S/C32H28/c1-3-11-25(12-4-1)21-24-30(26-13-5-2-6-14-26)28-16-9-17-29(23-22-28)32-20-10-18-27-15-7-8-19-31(27)32/h1-20,22,30H,21,23-24H2. The lowest BCUT2D eigenvalue weighted by molar-refractivity contribution is 0.712. The molecule has 156 valence electrons. The largest absolute Gasteiger partial charge is 0.0763 e. The van der Waals surface area contributed by atoms with E-state index in [0.717, 1.165) is 19.3 Å². The molecule has 0 radical (unpaired) electrons. The van der Waals surface area contributed by atoms with E-state index in [1.807, 2.05) is 0 Å². The number of benzene rings is 4. The van der Waals surface area contributed by atoms with Crippen molar-refractivity contribution in [2.24, 2.45) is 0 Å². The minimum Gasteiger partial charge on any atom is -0.0763 e. The maximum atomic E-state index is 2.44. The zero-order chi connectivity index (χ0) is 21.6. The number of fused-ring (bicyclic) bond motifs is 1. The third-order valence-electron chi connectivity index (χ3n) is 6.45. The van der Waals surface area contributed by atoms with Gasteiger partial charge in [0.15, 0.2) is 0 Å². The average Bonchev–Trinajstić information content (AvgIpc) is 3.11. The van der Waals surface area contributed by atoms with Crippen LogP contribution in [0.2, 0.25) is 0 Å². The Morgan fingerprint density at radius 2 is 1.41 bits per heavy atom. The molecule has 0 heteroatoms. The lowest BCUT2D eigenvalue weighted by Gasteiger charge is -2.19. The van der Waals surface area contributed by atoms with Crippen molar-refractivity contribution >= 4 is 16.3 Å². The maximum absolute atomic E-state index is 2.44. The van der Waals surface area contributed by atoms with E-state index >= 15 is 0 Å². The molecule has 0 aromatic heterocycles. The van der Waals surface area contributed by atoms with E-state index in [9.17, 15) is 0 Å². The van der Waals surface area contributed by atoms with Crippen molar-refractivity contribution < 1.29 is 0 Å². The Morgan fingerprint density at radius 3 is 2.25 bits per heavy atom. The maximum Gasteiger partial charge on any atom is 0.00894 e. The van der Waals surface area contributed by atoms with Crippen molar-refractivity contribution in [2.45, 2.75) is 25.2 Å². The van der Waals surface area contributed by atoms with Gasteiger partial charge in [0.25, 0.3) is 0 Å². The van der Waals surface area contributed by atoms with Gasteiger partial charge in [-0.15, -0.1) is 0 Å². The summed E-state index contributed by atoms with van der Waals surface area (Å²) in [6.45, 7) is 0. The second-order valence-electron chi connectivity index (χ2n) is 8.47. The van der Waals surface area contributed by atoms with E-state index in [2.05, 4.69) is 127 Å². The van der Waals surface area contributed by atoms with Gasteiger partial charge < -0.3 is 0 Å². The Balaban J connectivity index is 1.43. The Bertz CT molecular complexity index is 1270. The molecule has 0 aliphatic heterocycles. The molecule has 0 N–H and O–H groups in total. The molecule has 0 saturated carbocycles. The van der Waals surface area contributed by atoms with Gasteiger partial charge in [-0.2, -0.15) is 0 Å². The molecule has 4 aromatic rings. The molecule has 0 saturated heterocycles. The predicted octanol–water partition coefficient (Wildman–Crippen LogP) is 8.53. The second kappa shape index (κ2) is 9.66. The van der Waals surface area contributed by atoms with Gasteiger partial charge >= 0.3 is 0 Å². The van der Waals surface area contributed by atoms with Gasteiger partial charge in [0.2, 0.25) is 0 Å². The van der Waals surface area contributed by atoms with Crippen molar-refractivity contribution in [1.29, 1.82) is 0 Å². The summed E-state index contributed by atoms with van der Waals surface area (Å²) < 4.78 is 0. The summed E-state index contributed by atoms with van der Waals surface area (Å²) >= 11 is 0. The number of aryl methyl sites for hydroxylation is 1. The van der Waals surface area contributed by atoms with Crippen LogP contribution in [0.5, 0.6) is 0 Å². The molecular weight excluding hydrogens is 384 g/mol. The van der Waals surface area contributed by atoms with Crippen LogP contribution in [0.25, 0.3) is 16.3 Å². The summed E-state index contributed by atoms with van der Waals surface area (Å²) in [4.78, 5) is 0. The second-order valence-corrected chi connectivity index (χ2v) is 8.47. The molecule has 1 aliphatic carbocycles. The van der Waals surface area contributed by atoms with Crippen LogP contribution < -0.4 is 0 Å². The first-order chi connectivity index (χ1) is 15.9. The van der Waals surface area contributed by atoms with Crippen molar-refractivity contribution in [3.8, 4) is 0 Å². The highest BCUT2D eigenvalue weighted by Gasteiger charge is 2.17. The summed E-state index contributed by atoms with van der Waals surface area (Å²) in [7, 11) is 0. The van der Waals surface area contributed by atoms with Crippen molar-refractivity contribution in [2.75, 3.05) is 0 Å². The van der Waals surface area contributed by atoms with Gasteiger partial charge in [-0.3, -0.25) is 0 Å². The lowest BCUT2D eigenvalue weighted by atomic mass is 9.85. The molecule has 0 spiro atoms. The van der Waals surface area contributed by atoms with Crippen LogP contribution in [0.3, 0.4) is 0 Å². The highest BCUT2D eigenvalue weighted by atomic mass is 14.2. The molecule has 32 heavy (non-hydrogen) atoms. The first-order valence-electron chi connectivity index (χ1n) is 11.5. The van der Waals surface area contributed by atoms with E-state index < -0.39 is 0 Å². The monoisotopic (exact) mass is 412 g/mol. The quantitative estimate of drug-likeness (QED) is 0.298. The fourth-order valence-electron chi connectivity index (χ4n) is 4.77. The van der Waals surface area contributed by atoms with Gasteiger partial charge in [0.05, 0.1) is 0 Å². The summed E-state index contributed by atoms with van der Waals surface area (Å²) in [6.07, 6.45) is 12.4. The van der Waals surface area contributed by atoms with Crippen molar-refractivity contribution in [1.82, 2.24) is 0 Å². The zero-order valence-electron chi connectivity index (χ0n) is 18.3. The van der Waals surface area contributed by atoms with E-state index in [1.54, 1.807) is 0 Å². The highest BCUT2D eigenvalue weighted by molar-refractivity contribution is 5.94. The normalized spacial score (nSPS) is 14.5. The minimum atomic E-state index is 0.396. The first-order valence-corrected chi connectivity index (χ1v) is 11.5. The van der Waals surface area contributed by atoms with Gasteiger partial charge in [-0.25, -0.2) is 0 Å². The fourth-order valence-corrected chi connectivity index (χ4v) is 4.77. The summed E-state index contributed by atoms with van der Waals surface area (Å²) in [5.74, 6) is 0.396. The SMILES string of the molecule is C1=CC(C(CCc2ccccc2)c2ccccc2)=CCC(c2cccc3ccccc23)=C1. The predicted molar refractivity (Wildman–Crippen MR) is 138 cm³/mol. The van der Waals surface area contributed by atoms with Gasteiger partial charge in [-0.1, -0.05) is 127 Å². The third-order valence-corrected chi connectivity index (χ3v) is 6.45. The van der Waals surface area contributed by atoms with Gasteiger partial charge in [0.1, 0.15) is 0 Å². The van der Waals surface area contributed by atoms with Crippen LogP contribution in [0, 0.1) is 0 Å². The average molecular weight is 413 g/mol. The zero-order valence-corrected chi connectivity index (χ0v) is 18.3. The van der Waals surface area contributed by atoms with Crippen LogP contribution in [-0.4, -0.2) is 0 Å². The number of hydrogen-bond donors (Lipinski definition) is 0. The fraction of sp³-hybridized carbons (Fsp3) is 0.125. The lowest BCUT2D eigenvalue weighted by Crippen LogP contribution is -2.03. The van der Waals surface area contributed by atoms with Crippen molar-refractivity contribution in [3.05, 3.63) is 150 Å². The minimum absolute atomic E-state index is 0.396. The first kappa shape index (κ1) is 20.3. The van der Waals surface area contributed by atoms with E-state index in [-0.39, 0.29) is 0 Å². The topological polar surface area (TPSA) is 0 Å². The smallest absolute Gasteiger partial charge is 0.00894 e. The van der Waals surface area contributed by atoms with Crippen LogP contribution in [0.15, 0.2) is 133 Å². The Labute approximate surface area is 191 Å². The summed E-state index contributed by atoms with van der Waals surface area (Å²) in [5.41, 5.74) is 6.93. The van der Waals surface area contributed by atoms with E-state index in [1.165, 1.54) is 38.6 Å². The van der Waals surface area contributed by atoms with Crippen LogP contribution >= 0.6 is 0 Å². The Hall–Kier alpha value is -3.64. The molecule has 0 nitrogen and oxygen atoms in total. The molecule has 1 aliphatic rings. The highest BCUT2D eigenvalue weighted by Crippen LogP contribution is 2.35. The van der Waals surface area contributed by atoms with Crippen LogP contribution in [0.1, 0.15) is 35.4 Å². The molecule has 4 aromatic carbocycles. The van der Waals surface area contributed by atoms with Gasteiger partial charge in [0, 0.05) is 5.92 Å². The van der Waals surface area contributed by atoms with E-state index in [4.69, 9.17) is 0 Å². The Kier molecular flexibility index (Phi) is 6.12. The molecule has 0 bridgehead atoms. The molecule has 0 fully saturated rings. The molecule has 0 amide bonds. The van der Waals surface area contributed by atoms with Gasteiger partial charge in [-0.05, 0) is 57.9 Å². The number of allylic oxidation sites excluding steroid dienone is 6. The van der Waals surface area contributed by atoms with Crippen LogP contribution in [-0.2, 0) is 6.42 Å². The molecule has 1 unspecified atom stereocenters.